The summed E-state index contributed by atoms with van der Waals surface area (Å²) in [6.45, 7) is 10.3. The average Bonchev–Trinajstić information content (AvgIpc) is 2.67. The van der Waals surface area contributed by atoms with Crippen LogP contribution < -0.4 is 10.1 Å². The van der Waals surface area contributed by atoms with Crippen molar-refractivity contribution < 1.29 is 9.47 Å². The van der Waals surface area contributed by atoms with Crippen LogP contribution in [0.3, 0.4) is 0 Å². The molecule has 0 saturated carbocycles. The highest BCUT2D eigenvalue weighted by atomic mass is 16.5. The lowest BCUT2D eigenvalue weighted by atomic mass is 9.92. The van der Waals surface area contributed by atoms with Crippen molar-refractivity contribution >= 4 is 0 Å². The minimum Gasteiger partial charge on any atom is -0.493 e. The smallest absolute Gasteiger partial charge is 0.119 e. The van der Waals surface area contributed by atoms with Gasteiger partial charge in [0.25, 0.3) is 0 Å². The molecule has 3 heterocycles. The molecule has 138 valence electrons. The highest BCUT2D eigenvalue weighted by molar-refractivity contribution is 5.28. The summed E-state index contributed by atoms with van der Waals surface area (Å²) in [5.41, 5.74) is 1.34. The quantitative estimate of drug-likeness (QED) is 0.877. The van der Waals surface area contributed by atoms with Crippen molar-refractivity contribution in [2.24, 2.45) is 5.92 Å². The predicted molar refractivity (Wildman–Crippen MR) is 99.0 cm³/mol. The Bertz CT molecular complexity index is 547. The topological polar surface area (TPSA) is 37.0 Å². The van der Waals surface area contributed by atoms with Gasteiger partial charge in [0.2, 0.25) is 0 Å². The first-order valence-corrected chi connectivity index (χ1v) is 9.83. The maximum absolute atomic E-state index is 6.17. The van der Waals surface area contributed by atoms with E-state index in [1.54, 1.807) is 0 Å². The number of benzene rings is 1. The first-order valence-electron chi connectivity index (χ1n) is 9.83. The molecule has 2 atom stereocenters. The number of morpholine rings is 1. The lowest BCUT2D eigenvalue weighted by Gasteiger charge is -2.42. The molecule has 3 saturated heterocycles. The Labute approximate surface area is 151 Å². The minimum absolute atomic E-state index is 0.664. The molecule has 0 aliphatic carbocycles. The zero-order valence-corrected chi connectivity index (χ0v) is 15.2. The monoisotopic (exact) mass is 345 g/mol. The van der Waals surface area contributed by atoms with Crippen LogP contribution in [0.4, 0.5) is 0 Å². The second-order valence-electron chi connectivity index (χ2n) is 7.64. The van der Waals surface area contributed by atoms with Crippen LogP contribution in [0.15, 0.2) is 24.3 Å². The van der Waals surface area contributed by atoms with Crippen LogP contribution in [0.25, 0.3) is 0 Å². The van der Waals surface area contributed by atoms with E-state index >= 15 is 0 Å². The lowest BCUT2D eigenvalue weighted by molar-refractivity contribution is 0.0341. The Morgan fingerprint density at radius 2 is 2.08 bits per heavy atom. The predicted octanol–water partition coefficient (Wildman–Crippen LogP) is 1.58. The molecule has 3 aliphatic rings. The number of piperazine rings is 1. The van der Waals surface area contributed by atoms with Gasteiger partial charge in [-0.3, -0.25) is 9.80 Å². The second kappa shape index (κ2) is 8.49. The summed E-state index contributed by atoms with van der Waals surface area (Å²) in [5.74, 6) is 1.69. The molecule has 1 aromatic carbocycles. The van der Waals surface area contributed by atoms with Crippen LogP contribution in [0.5, 0.6) is 5.75 Å². The Morgan fingerprint density at radius 3 is 3.00 bits per heavy atom. The molecule has 1 N–H and O–H groups in total. The minimum atomic E-state index is 0.664. The lowest BCUT2D eigenvalue weighted by Crippen LogP contribution is -2.55. The molecule has 4 rings (SSSR count). The largest absolute Gasteiger partial charge is 0.493 e. The molecule has 0 aromatic heterocycles. The zero-order valence-electron chi connectivity index (χ0n) is 15.2. The van der Waals surface area contributed by atoms with E-state index < -0.39 is 0 Å². The van der Waals surface area contributed by atoms with Gasteiger partial charge in [-0.15, -0.1) is 0 Å². The standard InChI is InChI=1S/C20H31N3O2/c1-2-17(14-22-8-10-24-11-9-22)12-20(3-1)25-16-18-4-5-19-13-21-6-7-23(19)15-18/h1-3,12,18-19,21H,4-11,13-16H2/t18-,19-/m1/s1. The average molecular weight is 345 g/mol. The van der Waals surface area contributed by atoms with Crippen molar-refractivity contribution in [1.82, 2.24) is 15.1 Å². The molecule has 0 amide bonds. The number of hydrogen-bond donors (Lipinski definition) is 1. The van der Waals surface area contributed by atoms with E-state index in [1.807, 2.05) is 0 Å². The fourth-order valence-electron chi connectivity index (χ4n) is 4.28. The Hall–Kier alpha value is -1.14. The van der Waals surface area contributed by atoms with Crippen LogP contribution in [-0.2, 0) is 11.3 Å². The van der Waals surface area contributed by atoms with Gasteiger partial charge in [0.15, 0.2) is 0 Å². The summed E-state index contributed by atoms with van der Waals surface area (Å²) < 4.78 is 11.6. The second-order valence-corrected chi connectivity index (χ2v) is 7.64. The van der Waals surface area contributed by atoms with Crippen molar-refractivity contribution in [2.75, 3.05) is 59.1 Å². The summed E-state index contributed by atoms with van der Waals surface area (Å²) in [6.07, 6.45) is 2.59. The number of nitrogens with zero attached hydrogens (tertiary/aromatic N) is 2. The molecule has 5 nitrogen and oxygen atoms in total. The van der Waals surface area contributed by atoms with Crippen LogP contribution in [-0.4, -0.2) is 74.9 Å². The fraction of sp³-hybridized carbons (Fsp3) is 0.700. The molecule has 0 spiro atoms. The van der Waals surface area contributed by atoms with E-state index in [1.165, 1.54) is 31.5 Å². The third-order valence-corrected chi connectivity index (χ3v) is 5.77. The van der Waals surface area contributed by atoms with E-state index in [9.17, 15) is 0 Å². The molecule has 3 fully saturated rings. The van der Waals surface area contributed by atoms with Gasteiger partial charge in [0.1, 0.15) is 5.75 Å². The fourth-order valence-corrected chi connectivity index (χ4v) is 4.28. The van der Waals surface area contributed by atoms with Crippen molar-refractivity contribution in [3.63, 3.8) is 0 Å². The van der Waals surface area contributed by atoms with Crippen LogP contribution >= 0.6 is 0 Å². The van der Waals surface area contributed by atoms with E-state index in [4.69, 9.17) is 9.47 Å². The van der Waals surface area contributed by atoms with Gasteiger partial charge >= 0.3 is 0 Å². The van der Waals surface area contributed by atoms with E-state index in [-0.39, 0.29) is 0 Å². The Balaban J connectivity index is 1.27. The molecule has 5 heteroatoms. The van der Waals surface area contributed by atoms with Crippen molar-refractivity contribution in [3.8, 4) is 5.75 Å². The van der Waals surface area contributed by atoms with Gasteiger partial charge in [-0.25, -0.2) is 0 Å². The third-order valence-electron chi connectivity index (χ3n) is 5.77. The van der Waals surface area contributed by atoms with Gasteiger partial charge in [0.05, 0.1) is 19.8 Å². The molecule has 0 radical (unpaired) electrons. The van der Waals surface area contributed by atoms with Crippen molar-refractivity contribution in [1.29, 1.82) is 0 Å². The first-order chi connectivity index (χ1) is 12.4. The number of hydrogen-bond acceptors (Lipinski definition) is 5. The van der Waals surface area contributed by atoms with E-state index in [0.717, 1.165) is 64.3 Å². The molecule has 0 bridgehead atoms. The molecule has 25 heavy (non-hydrogen) atoms. The van der Waals surface area contributed by atoms with E-state index in [0.29, 0.717) is 5.92 Å². The first kappa shape index (κ1) is 17.3. The Morgan fingerprint density at radius 1 is 1.16 bits per heavy atom. The normalized spacial score (nSPS) is 28.5. The maximum Gasteiger partial charge on any atom is 0.119 e. The highest BCUT2D eigenvalue weighted by Crippen LogP contribution is 2.24. The van der Waals surface area contributed by atoms with Crippen LogP contribution in [0.1, 0.15) is 18.4 Å². The molecule has 1 aromatic rings. The van der Waals surface area contributed by atoms with Gasteiger partial charge in [0, 0.05) is 57.8 Å². The van der Waals surface area contributed by atoms with Gasteiger partial charge < -0.3 is 14.8 Å². The maximum atomic E-state index is 6.17. The highest BCUT2D eigenvalue weighted by Gasteiger charge is 2.30. The number of ether oxygens (including phenoxy) is 2. The number of piperidine rings is 1. The number of nitrogens with one attached hydrogen (secondary N) is 1. The summed E-state index contributed by atoms with van der Waals surface area (Å²) >= 11 is 0. The van der Waals surface area contributed by atoms with Crippen LogP contribution in [0.2, 0.25) is 0 Å². The van der Waals surface area contributed by atoms with Gasteiger partial charge in [-0.2, -0.15) is 0 Å². The van der Waals surface area contributed by atoms with E-state index in [2.05, 4.69) is 39.4 Å². The summed E-state index contributed by atoms with van der Waals surface area (Å²) in [5, 5.41) is 3.51. The third kappa shape index (κ3) is 4.73. The SMILES string of the molecule is c1cc(CN2CCOCC2)cc(OC[C@@H]2CC[C@@H]3CNCCN3C2)c1. The summed E-state index contributed by atoms with van der Waals surface area (Å²) in [7, 11) is 0. The summed E-state index contributed by atoms with van der Waals surface area (Å²) in [6, 6.07) is 9.39. The Kier molecular flexibility index (Phi) is 5.87. The van der Waals surface area contributed by atoms with Gasteiger partial charge in [-0.1, -0.05) is 12.1 Å². The summed E-state index contributed by atoms with van der Waals surface area (Å²) in [4.78, 5) is 5.11. The molecule has 0 unspecified atom stereocenters. The van der Waals surface area contributed by atoms with Crippen molar-refractivity contribution in [3.05, 3.63) is 29.8 Å². The zero-order chi connectivity index (χ0) is 16.9. The number of rotatable bonds is 5. The van der Waals surface area contributed by atoms with Crippen LogP contribution in [0, 0.1) is 5.92 Å². The van der Waals surface area contributed by atoms with Crippen molar-refractivity contribution in [2.45, 2.75) is 25.4 Å². The van der Waals surface area contributed by atoms with Gasteiger partial charge in [-0.05, 0) is 30.5 Å². The molecular weight excluding hydrogens is 314 g/mol. The number of fused-ring (bicyclic) bond motifs is 1. The molecule has 3 aliphatic heterocycles. The molecular formula is C20H31N3O2.